The molecule has 8 atom stereocenters. The van der Waals surface area contributed by atoms with Gasteiger partial charge in [-0.15, -0.1) is 0 Å². The van der Waals surface area contributed by atoms with E-state index in [4.69, 9.17) is 14.2 Å². The van der Waals surface area contributed by atoms with Gasteiger partial charge < -0.3 is 90.8 Å². The molecule has 1 unspecified atom stereocenters. The fraction of sp³-hybridized carbons (Fsp3) is 0.200. The number of hydrogen-bond donors (Lipinski definition) is 15. The van der Waals surface area contributed by atoms with Gasteiger partial charge in [0.1, 0.15) is 70.1 Å². The van der Waals surface area contributed by atoms with E-state index >= 15 is 0 Å². The molecule has 0 radical (unpaired) electrons. The number of aliphatic hydroxyl groups excluding tert-OH is 3. The molecule has 0 saturated heterocycles. The molecule has 18 heteroatoms. The molecule has 18 nitrogen and oxygen atoms in total. The molecule has 6 aromatic carbocycles. The molecule has 0 aromatic heterocycles. The van der Waals surface area contributed by atoms with Gasteiger partial charge in [0.2, 0.25) is 0 Å². The maximum Gasteiger partial charge on any atom is 0.157 e. The zero-order valence-electron chi connectivity index (χ0n) is 32.3. The van der Waals surface area contributed by atoms with Crippen LogP contribution >= 0.6 is 0 Å². The number of ether oxygens (including phenoxy) is 3. The highest BCUT2D eigenvalue weighted by atomic mass is 16.5. The molecule has 0 amide bonds. The second-order valence-corrected chi connectivity index (χ2v) is 15.7. The van der Waals surface area contributed by atoms with Crippen LogP contribution in [0.1, 0.15) is 74.7 Å². The largest absolute Gasteiger partial charge is 0.508 e. The Bertz CT molecular complexity index is 2840. The number of phenols is 12. The van der Waals surface area contributed by atoms with Crippen LogP contribution in [0, 0.1) is 0 Å². The first kappa shape index (κ1) is 40.6. The van der Waals surface area contributed by atoms with Gasteiger partial charge in [0, 0.05) is 58.5 Å². The van der Waals surface area contributed by atoms with Gasteiger partial charge in [-0.1, -0.05) is 18.2 Å². The lowest BCUT2D eigenvalue weighted by Crippen LogP contribution is -2.39. The zero-order chi connectivity index (χ0) is 44.9. The van der Waals surface area contributed by atoms with E-state index in [1.807, 2.05) is 0 Å². The lowest BCUT2D eigenvalue weighted by atomic mass is 9.73. The SMILES string of the molecule is Oc1cc(O)c2c(c1)O[C@H](c1ccc(O)c(O)c1)[C@@H](O)[C@H]2c1c(O)cc(O)c2c1O[C@H](c1ccc(O)c(O)c1)[C@H](O)[C@H]2c1c(O)cc(O)c2c1O[C@H](c1ccc(O)c(O)c1)C(O)C2. The predicted octanol–water partition coefficient (Wildman–Crippen LogP) is 4.44. The van der Waals surface area contributed by atoms with Gasteiger partial charge in [0.05, 0.1) is 17.9 Å². The van der Waals surface area contributed by atoms with Crippen LogP contribution in [-0.2, 0) is 6.42 Å². The van der Waals surface area contributed by atoms with Gasteiger partial charge in [0.25, 0.3) is 0 Å². The van der Waals surface area contributed by atoms with E-state index < -0.39 is 123 Å². The summed E-state index contributed by atoms with van der Waals surface area (Å²) >= 11 is 0. The van der Waals surface area contributed by atoms with E-state index in [9.17, 15) is 76.6 Å². The summed E-state index contributed by atoms with van der Waals surface area (Å²) in [5, 5.41) is 166. The lowest BCUT2D eigenvalue weighted by molar-refractivity contribution is -0.00562. The van der Waals surface area contributed by atoms with Gasteiger partial charge in [-0.25, -0.2) is 0 Å². The number of aromatic hydroxyl groups is 12. The normalized spacial score (nSPS) is 23.6. The molecule has 3 heterocycles. The van der Waals surface area contributed by atoms with E-state index in [1.54, 1.807) is 0 Å². The topological polar surface area (TPSA) is 331 Å². The fourth-order valence-corrected chi connectivity index (χ4v) is 8.94. The highest BCUT2D eigenvalue weighted by Gasteiger charge is 2.51. The van der Waals surface area contributed by atoms with Crippen molar-refractivity contribution in [1.82, 2.24) is 0 Å². The highest BCUT2D eigenvalue weighted by molar-refractivity contribution is 5.70. The van der Waals surface area contributed by atoms with E-state index in [1.165, 1.54) is 18.2 Å². The van der Waals surface area contributed by atoms with Crippen molar-refractivity contribution in [3.8, 4) is 86.2 Å². The Kier molecular flexibility index (Phi) is 9.46. The molecule has 0 bridgehead atoms. The van der Waals surface area contributed by atoms with Crippen molar-refractivity contribution in [3.05, 3.63) is 123 Å². The molecule has 6 aromatic rings. The maximum absolute atomic E-state index is 12.5. The molecule has 0 saturated carbocycles. The standard InChI is InChI=1S/C45H38O18/c46-18-10-27(54)33-32(11-18)61-42(16-2-5-21(48)25(52)8-16)39(59)37(33)35-29(56)14-30(57)36-38(40(60)43(63-45(35)36)17-3-6-22(49)26(53)9-17)34-28(55)13-23(50)19-12-31(58)41(62-44(19)34)15-1-4-20(47)24(51)7-15/h1-11,13-14,31,37-43,46-60H,12H2/t31?,37-,38+,39+,40-,41-,42-,43-/m1/s1. The third-order valence-corrected chi connectivity index (χ3v) is 11.8. The third-order valence-electron chi connectivity index (χ3n) is 11.8. The molecular weight excluding hydrogens is 828 g/mol. The monoisotopic (exact) mass is 866 g/mol. The number of phenolic OH excluding ortho intramolecular Hbond substituents is 12. The van der Waals surface area contributed by atoms with Crippen molar-refractivity contribution in [2.45, 2.75) is 54.9 Å². The number of hydrogen-bond acceptors (Lipinski definition) is 18. The van der Waals surface area contributed by atoms with Crippen LogP contribution in [0.5, 0.6) is 86.2 Å². The summed E-state index contributed by atoms with van der Waals surface area (Å²) < 4.78 is 18.9. The number of fused-ring (bicyclic) bond motifs is 3. The van der Waals surface area contributed by atoms with Crippen LogP contribution in [0.2, 0.25) is 0 Å². The molecule has 9 rings (SSSR count). The minimum Gasteiger partial charge on any atom is -0.508 e. The van der Waals surface area contributed by atoms with Crippen molar-refractivity contribution < 1.29 is 90.8 Å². The molecule has 3 aliphatic heterocycles. The third kappa shape index (κ3) is 6.46. The molecule has 326 valence electrons. The van der Waals surface area contributed by atoms with Crippen molar-refractivity contribution in [2.24, 2.45) is 0 Å². The zero-order valence-corrected chi connectivity index (χ0v) is 32.3. The van der Waals surface area contributed by atoms with Crippen LogP contribution in [0.25, 0.3) is 0 Å². The van der Waals surface area contributed by atoms with Gasteiger partial charge >= 0.3 is 0 Å². The van der Waals surface area contributed by atoms with E-state index in [2.05, 4.69) is 0 Å². The Hall–Kier alpha value is -7.80. The molecule has 0 fully saturated rings. The lowest BCUT2D eigenvalue weighted by Gasteiger charge is -2.43. The van der Waals surface area contributed by atoms with Gasteiger partial charge in [-0.3, -0.25) is 0 Å². The van der Waals surface area contributed by atoms with Crippen LogP contribution in [0.4, 0.5) is 0 Å². The molecule has 0 spiro atoms. The predicted molar refractivity (Wildman–Crippen MR) is 214 cm³/mol. The van der Waals surface area contributed by atoms with E-state index in [0.717, 1.165) is 60.7 Å². The summed E-state index contributed by atoms with van der Waals surface area (Å²) in [4.78, 5) is 0. The average Bonchev–Trinajstić information content (AvgIpc) is 3.22. The van der Waals surface area contributed by atoms with Crippen LogP contribution in [0.15, 0.2) is 78.9 Å². The van der Waals surface area contributed by atoms with Gasteiger partial charge in [-0.2, -0.15) is 0 Å². The summed E-state index contributed by atoms with van der Waals surface area (Å²) in [6.07, 6.45) is -9.93. The Morgan fingerprint density at radius 2 is 0.778 bits per heavy atom. The summed E-state index contributed by atoms with van der Waals surface area (Å²) in [5.41, 5.74) is -1.10. The second kappa shape index (κ2) is 14.7. The minimum absolute atomic E-state index is 0.0127. The Morgan fingerprint density at radius 3 is 1.29 bits per heavy atom. The maximum atomic E-state index is 12.5. The van der Waals surface area contributed by atoms with Crippen molar-refractivity contribution in [1.29, 1.82) is 0 Å². The number of benzene rings is 6. The second-order valence-electron chi connectivity index (χ2n) is 15.7. The van der Waals surface area contributed by atoms with Crippen molar-refractivity contribution in [3.63, 3.8) is 0 Å². The smallest absolute Gasteiger partial charge is 0.157 e. The Morgan fingerprint density at radius 1 is 0.365 bits per heavy atom. The molecule has 15 N–H and O–H groups in total. The van der Waals surface area contributed by atoms with E-state index in [0.29, 0.717) is 0 Å². The first-order chi connectivity index (χ1) is 29.9. The number of rotatable bonds is 5. The quantitative estimate of drug-likeness (QED) is 0.106. The van der Waals surface area contributed by atoms with Crippen LogP contribution < -0.4 is 14.2 Å². The number of aliphatic hydroxyl groups is 3. The Labute approximate surface area is 354 Å². The van der Waals surface area contributed by atoms with Gasteiger partial charge in [0.15, 0.2) is 46.7 Å². The fourth-order valence-electron chi connectivity index (χ4n) is 8.94. The summed E-state index contributed by atoms with van der Waals surface area (Å²) in [5.74, 6) is -11.5. The van der Waals surface area contributed by atoms with Gasteiger partial charge in [-0.05, 0) is 53.1 Å². The molecular formula is C45H38O18. The molecule has 0 aliphatic carbocycles. The minimum atomic E-state index is -1.90. The molecule has 3 aliphatic rings. The summed E-state index contributed by atoms with van der Waals surface area (Å²) in [7, 11) is 0. The first-order valence-corrected chi connectivity index (χ1v) is 19.3. The first-order valence-electron chi connectivity index (χ1n) is 19.3. The van der Waals surface area contributed by atoms with Crippen molar-refractivity contribution >= 4 is 0 Å². The summed E-state index contributed by atoms with van der Waals surface area (Å²) in [6.45, 7) is 0. The molecule has 63 heavy (non-hydrogen) atoms. The Balaban J connectivity index is 1.31. The summed E-state index contributed by atoms with van der Waals surface area (Å²) in [6, 6.07) is 14.4. The van der Waals surface area contributed by atoms with Crippen LogP contribution in [-0.4, -0.2) is 94.9 Å². The van der Waals surface area contributed by atoms with Crippen LogP contribution in [0.3, 0.4) is 0 Å². The average molecular weight is 867 g/mol. The van der Waals surface area contributed by atoms with E-state index in [-0.39, 0.29) is 62.4 Å². The van der Waals surface area contributed by atoms with Crippen molar-refractivity contribution in [2.75, 3.05) is 0 Å². The highest BCUT2D eigenvalue weighted by Crippen LogP contribution is 2.62.